The van der Waals surface area contributed by atoms with Crippen LogP contribution in [0.3, 0.4) is 0 Å². The normalized spacial score (nSPS) is 16.6. The van der Waals surface area contributed by atoms with E-state index in [9.17, 15) is 9.90 Å². The summed E-state index contributed by atoms with van der Waals surface area (Å²) in [4.78, 5) is 11.1. The third kappa shape index (κ3) is 6.47. The molecule has 0 bridgehead atoms. The standard InChI is InChI=1S/C11H25O4Si2/c1-7-8-11(9-12,10-13)14-17(5,6)15-16(2,3)4/h12H,7-9H2,1-6H3. The Kier molecular flexibility index (Phi) is 6.23. The molecule has 0 aliphatic rings. The average Bonchev–Trinajstić information content (AvgIpc) is 2.12. The predicted octanol–water partition coefficient (Wildman–Crippen LogP) is 2.20. The van der Waals surface area contributed by atoms with Gasteiger partial charge in [-0.15, -0.1) is 0 Å². The Morgan fingerprint density at radius 2 is 1.76 bits per heavy atom. The van der Waals surface area contributed by atoms with Gasteiger partial charge in [0.15, 0.2) is 8.32 Å². The first-order valence-electron chi connectivity index (χ1n) is 6.00. The number of carbonyl (C=O) groups excluding carboxylic acids is 1. The molecule has 4 nitrogen and oxygen atoms in total. The molecule has 0 fully saturated rings. The third-order valence-corrected chi connectivity index (χ3v) is 7.39. The van der Waals surface area contributed by atoms with Gasteiger partial charge >= 0.3 is 8.56 Å². The number of rotatable bonds is 8. The highest BCUT2D eigenvalue weighted by molar-refractivity contribution is 6.81. The summed E-state index contributed by atoms with van der Waals surface area (Å²) in [5, 5.41) is 9.36. The maximum atomic E-state index is 11.1. The number of aliphatic hydroxyl groups excluding tert-OH is 1. The van der Waals surface area contributed by atoms with E-state index in [2.05, 4.69) is 19.6 Å². The smallest absolute Gasteiger partial charge is 0.322 e. The molecule has 0 amide bonds. The molecular weight excluding hydrogens is 252 g/mol. The van der Waals surface area contributed by atoms with Crippen molar-refractivity contribution in [1.82, 2.24) is 0 Å². The molecule has 0 aromatic carbocycles. The van der Waals surface area contributed by atoms with E-state index in [-0.39, 0.29) is 6.61 Å². The van der Waals surface area contributed by atoms with Gasteiger partial charge in [-0.05, 0) is 39.2 Å². The molecule has 1 atom stereocenters. The Hall–Kier alpha value is -0.0162. The van der Waals surface area contributed by atoms with Gasteiger partial charge in [0, 0.05) is 0 Å². The van der Waals surface area contributed by atoms with Crippen molar-refractivity contribution in [2.24, 2.45) is 0 Å². The zero-order valence-electron chi connectivity index (χ0n) is 11.8. The lowest BCUT2D eigenvalue weighted by atomic mass is 10.0. The van der Waals surface area contributed by atoms with Crippen LogP contribution in [0.1, 0.15) is 19.8 Å². The van der Waals surface area contributed by atoms with Crippen LogP contribution in [0, 0.1) is 0 Å². The van der Waals surface area contributed by atoms with Crippen molar-refractivity contribution >= 4 is 23.2 Å². The van der Waals surface area contributed by atoms with Crippen molar-refractivity contribution < 1.29 is 18.4 Å². The maximum absolute atomic E-state index is 11.1. The van der Waals surface area contributed by atoms with Gasteiger partial charge in [0.05, 0.1) is 6.61 Å². The predicted molar refractivity (Wildman–Crippen MR) is 73.4 cm³/mol. The molecule has 1 unspecified atom stereocenters. The van der Waals surface area contributed by atoms with Gasteiger partial charge in [0.1, 0.15) is 5.60 Å². The summed E-state index contributed by atoms with van der Waals surface area (Å²) in [6.45, 7) is 11.7. The lowest BCUT2D eigenvalue weighted by molar-refractivity contribution is 0.0337. The van der Waals surface area contributed by atoms with E-state index >= 15 is 0 Å². The third-order valence-electron chi connectivity index (χ3n) is 2.09. The fourth-order valence-electron chi connectivity index (χ4n) is 1.90. The van der Waals surface area contributed by atoms with Crippen molar-refractivity contribution in [2.75, 3.05) is 6.61 Å². The molecule has 0 aliphatic heterocycles. The van der Waals surface area contributed by atoms with Crippen molar-refractivity contribution in [1.29, 1.82) is 0 Å². The lowest BCUT2D eigenvalue weighted by Gasteiger charge is -2.37. The fraction of sp³-hybridized carbons (Fsp3) is 0.909. The van der Waals surface area contributed by atoms with Gasteiger partial charge in [-0.25, -0.2) is 0 Å². The molecule has 17 heavy (non-hydrogen) atoms. The first kappa shape index (κ1) is 17.0. The van der Waals surface area contributed by atoms with E-state index in [4.69, 9.17) is 8.54 Å². The molecule has 6 heteroatoms. The van der Waals surface area contributed by atoms with Crippen LogP contribution >= 0.6 is 0 Å². The second-order valence-corrected chi connectivity index (χ2v) is 13.8. The number of hydrogen-bond acceptors (Lipinski definition) is 4. The highest BCUT2D eigenvalue weighted by Gasteiger charge is 2.41. The molecule has 101 valence electrons. The Balaban J connectivity index is 4.79. The van der Waals surface area contributed by atoms with Crippen LogP contribution in [0.15, 0.2) is 0 Å². The van der Waals surface area contributed by atoms with E-state index in [1.54, 1.807) is 0 Å². The zero-order chi connectivity index (χ0) is 13.7. The Morgan fingerprint density at radius 3 is 2.06 bits per heavy atom. The Bertz CT molecular complexity index is 250. The van der Waals surface area contributed by atoms with Gasteiger partial charge in [-0.1, -0.05) is 13.3 Å². The summed E-state index contributed by atoms with van der Waals surface area (Å²) in [7, 11) is -4.13. The van der Waals surface area contributed by atoms with Crippen LogP contribution in [-0.4, -0.2) is 40.5 Å². The molecule has 1 N–H and O–H groups in total. The topological polar surface area (TPSA) is 55.8 Å². The van der Waals surface area contributed by atoms with Gasteiger partial charge in [0.25, 0.3) is 0 Å². The SMILES string of the molecule is CCCC([C]=O)(CO)O[Si](C)(C)O[Si](C)(C)C. The van der Waals surface area contributed by atoms with Crippen molar-refractivity contribution in [3.63, 3.8) is 0 Å². The zero-order valence-corrected chi connectivity index (χ0v) is 13.8. The van der Waals surface area contributed by atoms with Gasteiger partial charge < -0.3 is 13.6 Å². The molecule has 0 aromatic heterocycles. The highest BCUT2D eigenvalue weighted by atomic mass is 28.4. The van der Waals surface area contributed by atoms with Crippen LogP contribution < -0.4 is 0 Å². The van der Waals surface area contributed by atoms with Crippen molar-refractivity contribution in [3.8, 4) is 0 Å². The van der Waals surface area contributed by atoms with Crippen LogP contribution in [0.2, 0.25) is 32.7 Å². The summed E-state index contributed by atoms with van der Waals surface area (Å²) >= 11 is 0. The van der Waals surface area contributed by atoms with Crippen LogP contribution in [0.25, 0.3) is 0 Å². The molecule has 0 aromatic rings. The second-order valence-electron chi connectivity index (χ2n) is 5.72. The highest BCUT2D eigenvalue weighted by Crippen LogP contribution is 2.24. The largest absolute Gasteiger partial charge is 0.436 e. The van der Waals surface area contributed by atoms with E-state index in [0.29, 0.717) is 6.42 Å². The number of hydrogen-bond donors (Lipinski definition) is 1. The van der Waals surface area contributed by atoms with Crippen molar-refractivity contribution in [2.45, 2.75) is 58.1 Å². The fourth-order valence-corrected chi connectivity index (χ4v) is 9.11. The summed E-state index contributed by atoms with van der Waals surface area (Å²) in [6.07, 6.45) is 3.08. The van der Waals surface area contributed by atoms with Gasteiger partial charge in [0.2, 0.25) is 6.29 Å². The first-order valence-corrected chi connectivity index (χ1v) is 12.2. The van der Waals surface area contributed by atoms with E-state index < -0.39 is 22.5 Å². The molecule has 1 radical (unpaired) electrons. The number of aliphatic hydroxyl groups is 1. The lowest BCUT2D eigenvalue weighted by Crippen LogP contribution is -2.53. The second kappa shape index (κ2) is 6.24. The molecular formula is C11H25O4Si2. The summed E-state index contributed by atoms with van der Waals surface area (Å²) < 4.78 is 11.8. The maximum Gasteiger partial charge on any atom is 0.322 e. The van der Waals surface area contributed by atoms with Gasteiger partial charge in [-0.2, -0.15) is 0 Å². The van der Waals surface area contributed by atoms with Crippen LogP contribution in [0.4, 0.5) is 0 Å². The quantitative estimate of drug-likeness (QED) is 0.691. The average molecular weight is 277 g/mol. The summed E-state index contributed by atoms with van der Waals surface area (Å²) in [5.41, 5.74) is -1.20. The van der Waals surface area contributed by atoms with E-state index in [1.165, 1.54) is 0 Å². The molecule has 0 aliphatic carbocycles. The minimum Gasteiger partial charge on any atom is -0.436 e. The van der Waals surface area contributed by atoms with Crippen LogP contribution in [0.5, 0.6) is 0 Å². The minimum atomic E-state index is -2.41. The molecule has 0 saturated heterocycles. The van der Waals surface area contributed by atoms with Gasteiger partial charge in [-0.3, -0.25) is 4.79 Å². The molecule has 0 heterocycles. The first-order chi connectivity index (χ1) is 7.60. The van der Waals surface area contributed by atoms with E-state index in [1.807, 2.05) is 26.3 Å². The van der Waals surface area contributed by atoms with Crippen molar-refractivity contribution in [3.05, 3.63) is 0 Å². The Morgan fingerprint density at radius 1 is 1.24 bits per heavy atom. The van der Waals surface area contributed by atoms with E-state index in [0.717, 1.165) is 6.42 Å². The Labute approximate surface area is 107 Å². The minimum absolute atomic E-state index is 0.337. The molecule has 0 rings (SSSR count). The monoisotopic (exact) mass is 277 g/mol. The molecule has 0 spiro atoms. The summed E-state index contributed by atoms with van der Waals surface area (Å²) in [6, 6.07) is 0. The molecule has 0 saturated carbocycles. The van der Waals surface area contributed by atoms with Crippen LogP contribution in [-0.2, 0) is 13.3 Å². The summed E-state index contributed by atoms with van der Waals surface area (Å²) in [5.74, 6) is 0.